The molecule has 0 aliphatic rings. The molecule has 0 saturated heterocycles. The van der Waals surface area contributed by atoms with Gasteiger partial charge in [-0.15, -0.1) is 47.0 Å². The molecule has 1 aromatic rings. The molecule has 0 amide bonds. The minimum atomic E-state index is 0.242. The summed E-state index contributed by atoms with van der Waals surface area (Å²) >= 11 is 25.3. The topological polar surface area (TPSA) is 0 Å². The fraction of sp³-hybridized carbons (Fsp3) is 0.571. The maximum atomic E-state index is 4.56. The SMILES string of the molecule is CC(S)Sc1cc(SC(C)S)c(SC(C)S)c(SC(C)S)c1. The third-order valence-corrected chi connectivity index (χ3v) is 7.41. The first kappa shape index (κ1) is 22.1. The molecule has 8 heteroatoms. The number of hydrogen-bond acceptors (Lipinski definition) is 8. The van der Waals surface area contributed by atoms with Gasteiger partial charge in [0.15, 0.2) is 0 Å². The normalized spacial score (nSPS) is 17.1. The van der Waals surface area contributed by atoms with E-state index in [-0.39, 0.29) is 18.3 Å². The lowest BCUT2D eigenvalue weighted by atomic mass is 10.3. The van der Waals surface area contributed by atoms with E-state index in [9.17, 15) is 0 Å². The molecule has 126 valence electrons. The van der Waals surface area contributed by atoms with Crippen LogP contribution in [-0.2, 0) is 0 Å². The molecule has 4 unspecified atom stereocenters. The molecule has 0 spiro atoms. The van der Waals surface area contributed by atoms with E-state index in [4.69, 9.17) is 0 Å². The highest BCUT2D eigenvalue weighted by atomic mass is 32.2. The Bertz CT molecular complexity index is 439. The molecular formula is C14H22S8. The predicted molar refractivity (Wildman–Crippen MR) is 124 cm³/mol. The van der Waals surface area contributed by atoms with Crippen LogP contribution in [0, 0.1) is 0 Å². The highest BCUT2D eigenvalue weighted by molar-refractivity contribution is 8.14. The van der Waals surface area contributed by atoms with Crippen LogP contribution in [0.1, 0.15) is 27.7 Å². The summed E-state index contributed by atoms with van der Waals surface area (Å²) in [7, 11) is 0. The Morgan fingerprint density at radius 2 is 1.00 bits per heavy atom. The molecule has 0 nitrogen and oxygen atoms in total. The first-order valence-corrected chi connectivity index (χ1v) is 12.3. The fourth-order valence-corrected chi connectivity index (χ4v) is 6.82. The van der Waals surface area contributed by atoms with Crippen LogP contribution in [0.3, 0.4) is 0 Å². The van der Waals surface area contributed by atoms with Crippen LogP contribution in [0.4, 0.5) is 0 Å². The summed E-state index contributed by atoms with van der Waals surface area (Å²) in [5.41, 5.74) is 0. The molecule has 0 bridgehead atoms. The van der Waals surface area contributed by atoms with E-state index in [1.54, 1.807) is 47.0 Å². The lowest BCUT2D eigenvalue weighted by Gasteiger charge is -2.19. The van der Waals surface area contributed by atoms with Gasteiger partial charge in [-0.25, -0.2) is 0 Å². The summed E-state index contributed by atoms with van der Waals surface area (Å²) in [4.78, 5) is 5.06. The van der Waals surface area contributed by atoms with E-state index >= 15 is 0 Å². The second-order valence-electron chi connectivity index (χ2n) is 4.62. The smallest absolute Gasteiger partial charge is 0.0492 e. The van der Waals surface area contributed by atoms with E-state index in [0.29, 0.717) is 0 Å². The average Bonchev–Trinajstić information content (AvgIpc) is 2.30. The van der Waals surface area contributed by atoms with E-state index in [1.165, 1.54) is 19.6 Å². The highest BCUT2D eigenvalue weighted by Crippen LogP contribution is 2.46. The van der Waals surface area contributed by atoms with Crippen molar-refractivity contribution in [2.24, 2.45) is 0 Å². The molecule has 0 fully saturated rings. The van der Waals surface area contributed by atoms with Crippen molar-refractivity contribution in [2.75, 3.05) is 0 Å². The molecule has 0 radical (unpaired) electrons. The van der Waals surface area contributed by atoms with Gasteiger partial charge in [0, 0.05) is 37.9 Å². The Balaban J connectivity index is 3.31. The minimum absolute atomic E-state index is 0.242. The molecule has 0 aliphatic carbocycles. The van der Waals surface area contributed by atoms with E-state index in [2.05, 4.69) is 90.3 Å². The summed E-state index contributed by atoms with van der Waals surface area (Å²) in [5, 5.41) is 0. The van der Waals surface area contributed by atoms with Crippen LogP contribution in [0.15, 0.2) is 31.7 Å². The molecule has 1 aromatic carbocycles. The van der Waals surface area contributed by atoms with Crippen molar-refractivity contribution >= 4 is 97.6 Å². The Morgan fingerprint density at radius 3 is 1.32 bits per heavy atom. The largest absolute Gasteiger partial charge is 0.165 e. The maximum Gasteiger partial charge on any atom is 0.0492 e. The van der Waals surface area contributed by atoms with Crippen molar-refractivity contribution in [3.63, 3.8) is 0 Å². The quantitative estimate of drug-likeness (QED) is 0.190. The van der Waals surface area contributed by atoms with Crippen molar-refractivity contribution in [3.8, 4) is 0 Å². The fourth-order valence-electron chi connectivity index (χ4n) is 1.65. The molecule has 0 N–H and O–H groups in total. The molecule has 0 heterocycles. The third kappa shape index (κ3) is 8.41. The summed E-state index contributed by atoms with van der Waals surface area (Å²) in [5.74, 6) is 0. The van der Waals surface area contributed by atoms with Crippen LogP contribution in [-0.4, -0.2) is 18.3 Å². The van der Waals surface area contributed by atoms with Crippen LogP contribution in [0.5, 0.6) is 0 Å². The summed E-state index contributed by atoms with van der Waals surface area (Å²) in [6.45, 7) is 8.39. The van der Waals surface area contributed by atoms with Crippen molar-refractivity contribution in [1.29, 1.82) is 0 Å². The Hall–Kier alpha value is 2.02. The third-order valence-electron chi connectivity index (χ3n) is 2.18. The molecular weight excluding hydrogens is 425 g/mol. The number of thioether (sulfide) groups is 4. The number of thiol groups is 4. The average molecular weight is 447 g/mol. The molecule has 0 aliphatic heterocycles. The van der Waals surface area contributed by atoms with Gasteiger partial charge in [0.2, 0.25) is 0 Å². The second-order valence-corrected chi connectivity index (χ2v) is 14.6. The maximum absolute atomic E-state index is 4.56. The van der Waals surface area contributed by atoms with E-state index in [1.807, 2.05) is 0 Å². The Kier molecular flexibility index (Phi) is 10.9. The standard InChI is InChI=1S/C14H22S8/c1-7(15)19-11-5-12(20-8(2)16)14(22-10(4)18)13(6-11)21-9(3)17/h5-10,15-18H,1-4H3. The van der Waals surface area contributed by atoms with Gasteiger partial charge in [-0.1, -0.05) is 0 Å². The Labute approximate surface area is 173 Å². The summed E-state index contributed by atoms with van der Waals surface area (Å²) < 4.78 is 0.996. The van der Waals surface area contributed by atoms with Gasteiger partial charge in [0.1, 0.15) is 0 Å². The van der Waals surface area contributed by atoms with Crippen LogP contribution in [0.2, 0.25) is 0 Å². The van der Waals surface area contributed by atoms with Crippen LogP contribution in [0.25, 0.3) is 0 Å². The van der Waals surface area contributed by atoms with Crippen molar-refractivity contribution < 1.29 is 0 Å². The van der Waals surface area contributed by atoms with Gasteiger partial charge in [-0.2, -0.15) is 50.5 Å². The van der Waals surface area contributed by atoms with Crippen LogP contribution >= 0.6 is 97.6 Å². The number of rotatable bonds is 8. The van der Waals surface area contributed by atoms with Crippen molar-refractivity contribution in [1.82, 2.24) is 0 Å². The van der Waals surface area contributed by atoms with Gasteiger partial charge in [0.05, 0.1) is 0 Å². The lowest BCUT2D eigenvalue weighted by Crippen LogP contribution is -1.95. The molecule has 0 aromatic heterocycles. The van der Waals surface area contributed by atoms with Gasteiger partial charge in [-0.05, 0) is 39.8 Å². The first-order valence-electron chi connectivity index (χ1n) is 6.76. The number of benzene rings is 1. The lowest BCUT2D eigenvalue weighted by molar-refractivity contribution is 1.06. The van der Waals surface area contributed by atoms with E-state index in [0.717, 1.165) is 0 Å². The van der Waals surface area contributed by atoms with Gasteiger partial charge >= 0.3 is 0 Å². The zero-order valence-corrected chi connectivity index (χ0v) is 19.7. The zero-order chi connectivity index (χ0) is 16.9. The summed E-state index contributed by atoms with van der Waals surface area (Å²) in [6, 6.07) is 4.50. The van der Waals surface area contributed by atoms with Gasteiger partial charge in [0.25, 0.3) is 0 Å². The Morgan fingerprint density at radius 1 is 0.636 bits per heavy atom. The molecule has 1 rings (SSSR count). The molecule has 4 atom stereocenters. The van der Waals surface area contributed by atoms with Crippen molar-refractivity contribution in [3.05, 3.63) is 12.1 Å². The minimum Gasteiger partial charge on any atom is -0.165 e. The zero-order valence-electron chi connectivity index (χ0n) is 12.9. The molecule has 0 saturated carbocycles. The molecule has 22 heavy (non-hydrogen) atoms. The monoisotopic (exact) mass is 446 g/mol. The van der Waals surface area contributed by atoms with Crippen LogP contribution < -0.4 is 0 Å². The highest BCUT2D eigenvalue weighted by Gasteiger charge is 2.17. The van der Waals surface area contributed by atoms with E-state index < -0.39 is 0 Å². The number of hydrogen-bond donors (Lipinski definition) is 4. The predicted octanol–water partition coefficient (Wildman–Crippen LogP) is 7.16. The van der Waals surface area contributed by atoms with Crippen molar-refractivity contribution in [2.45, 2.75) is 65.6 Å². The first-order chi connectivity index (χ1) is 10.2. The summed E-state index contributed by atoms with van der Waals surface area (Å²) in [6.07, 6.45) is 0. The van der Waals surface area contributed by atoms with Gasteiger partial charge in [-0.3, -0.25) is 0 Å². The van der Waals surface area contributed by atoms with Gasteiger partial charge < -0.3 is 0 Å². The second kappa shape index (κ2) is 10.9.